The number of hydrogen-bond acceptors (Lipinski definition) is 4. The van der Waals surface area contributed by atoms with Crippen LogP contribution in [0.5, 0.6) is 5.88 Å². The molecule has 0 aliphatic heterocycles. The predicted octanol–water partition coefficient (Wildman–Crippen LogP) is 3.89. The lowest BCUT2D eigenvalue weighted by atomic mass is 10.1. The van der Waals surface area contributed by atoms with Gasteiger partial charge in [-0.15, -0.1) is 0 Å². The van der Waals surface area contributed by atoms with Crippen LogP contribution in [0.25, 0.3) is 10.8 Å². The van der Waals surface area contributed by atoms with Gasteiger partial charge in [0.05, 0.1) is 0 Å². The van der Waals surface area contributed by atoms with Crippen LogP contribution in [0.1, 0.15) is 15.9 Å². The van der Waals surface area contributed by atoms with Crippen LogP contribution in [0.15, 0.2) is 77.9 Å². The number of hydrogen-bond donors (Lipinski definition) is 2. The highest BCUT2D eigenvalue weighted by molar-refractivity contribution is 6.10. The number of ether oxygens (including phenoxy) is 1. The van der Waals surface area contributed by atoms with Gasteiger partial charge in [0.25, 0.3) is 11.5 Å². The fourth-order valence-corrected chi connectivity index (χ4v) is 2.96. The summed E-state index contributed by atoms with van der Waals surface area (Å²) in [6.07, 6.45) is 3.01. The lowest BCUT2D eigenvalue weighted by molar-refractivity contribution is 0.102. The van der Waals surface area contributed by atoms with E-state index in [2.05, 4.69) is 15.3 Å². The first-order valence-corrected chi connectivity index (χ1v) is 8.86. The molecular weight excluding hydrogens is 373 g/mol. The van der Waals surface area contributed by atoms with E-state index in [4.69, 9.17) is 4.74 Å². The molecule has 2 aromatic heterocycles. The van der Waals surface area contributed by atoms with Crippen molar-refractivity contribution >= 4 is 22.4 Å². The molecule has 0 aliphatic rings. The number of amides is 1. The number of halogens is 1. The summed E-state index contributed by atoms with van der Waals surface area (Å²) in [6.45, 7) is -0.0619. The van der Waals surface area contributed by atoms with Crippen molar-refractivity contribution < 1.29 is 13.9 Å². The Morgan fingerprint density at radius 3 is 2.76 bits per heavy atom. The molecule has 7 heteroatoms. The summed E-state index contributed by atoms with van der Waals surface area (Å²) in [5.41, 5.74) is 0.805. The number of pyridine rings is 2. The second kappa shape index (κ2) is 7.93. The number of fused-ring (bicyclic) bond motifs is 1. The van der Waals surface area contributed by atoms with Crippen molar-refractivity contribution in [1.82, 2.24) is 9.97 Å². The molecule has 0 spiro atoms. The van der Waals surface area contributed by atoms with Gasteiger partial charge >= 0.3 is 0 Å². The number of aromatic nitrogens is 2. The first kappa shape index (κ1) is 18.4. The van der Waals surface area contributed by atoms with E-state index < -0.39 is 11.7 Å². The molecule has 144 valence electrons. The molecule has 0 atom stereocenters. The Morgan fingerprint density at radius 1 is 1.03 bits per heavy atom. The Kier molecular flexibility index (Phi) is 5.03. The highest BCUT2D eigenvalue weighted by Crippen LogP contribution is 2.23. The maximum atomic E-state index is 13.8. The number of nitrogens with one attached hydrogen (secondary N) is 2. The van der Waals surface area contributed by atoms with Crippen molar-refractivity contribution in [3.63, 3.8) is 0 Å². The molecule has 0 bridgehead atoms. The standard InChI is InChI=1S/C22H16FN3O3/c23-18-8-2-1-5-14(18)13-29-22-17(7-4-11-25-22)21(28)26-19-9-3-6-16-15(19)10-12-24-20(16)27/h1-12H,13H2,(H,24,27)(H,26,28). The summed E-state index contributed by atoms with van der Waals surface area (Å²) < 4.78 is 19.4. The summed E-state index contributed by atoms with van der Waals surface area (Å²) in [6, 6.07) is 16.2. The number of rotatable bonds is 5. The van der Waals surface area contributed by atoms with E-state index in [1.54, 1.807) is 54.6 Å². The van der Waals surface area contributed by atoms with Crippen molar-refractivity contribution in [3.8, 4) is 5.88 Å². The van der Waals surface area contributed by atoms with Gasteiger partial charge < -0.3 is 15.0 Å². The van der Waals surface area contributed by atoms with E-state index >= 15 is 0 Å². The molecule has 0 aliphatic carbocycles. The normalized spacial score (nSPS) is 10.7. The average molecular weight is 389 g/mol. The van der Waals surface area contributed by atoms with Gasteiger partial charge in [-0.25, -0.2) is 9.37 Å². The van der Waals surface area contributed by atoms with Gasteiger partial charge in [0.15, 0.2) is 0 Å². The van der Waals surface area contributed by atoms with E-state index in [-0.39, 0.29) is 23.6 Å². The lowest BCUT2D eigenvalue weighted by Gasteiger charge is -2.12. The van der Waals surface area contributed by atoms with Crippen LogP contribution in [-0.2, 0) is 6.61 Å². The minimum Gasteiger partial charge on any atom is -0.472 e. The summed E-state index contributed by atoms with van der Waals surface area (Å²) >= 11 is 0. The zero-order chi connectivity index (χ0) is 20.2. The Labute approximate surface area is 165 Å². The molecule has 1 amide bonds. The Balaban J connectivity index is 1.60. The van der Waals surface area contributed by atoms with Crippen LogP contribution in [0.3, 0.4) is 0 Å². The third kappa shape index (κ3) is 3.84. The Hall–Kier alpha value is -4.00. The topological polar surface area (TPSA) is 84.1 Å². The highest BCUT2D eigenvalue weighted by atomic mass is 19.1. The van der Waals surface area contributed by atoms with Crippen LogP contribution in [-0.4, -0.2) is 15.9 Å². The minimum absolute atomic E-state index is 0.0619. The first-order chi connectivity index (χ1) is 14.1. The molecule has 0 saturated carbocycles. The molecule has 0 radical (unpaired) electrons. The second-order valence-electron chi connectivity index (χ2n) is 6.26. The molecule has 4 rings (SSSR count). The largest absolute Gasteiger partial charge is 0.472 e. The molecule has 29 heavy (non-hydrogen) atoms. The molecule has 6 nitrogen and oxygen atoms in total. The number of nitrogens with zero attached hydrogens (tertiary/aromatic N) is 1. The molecule has 2 aromatic carbocycles. The quantitative estimate of drug-likeness (QED) is 0.542. The number of aromatic amines is 1. The van der Waals surface area contributed by atoms with Crippen molar-refractivity contribution in [2.75, 3.05) is 5.32 Å². The summed E-state index contributed by atoms with van der Waals surface area (Å²) in [5, 5.41) is 3.87. The lowest BCUT2D eigenvalue weighted by Crippen LogP contribution is -2.15. The van der Waals surface area contributed by atoms with Gasteiger partial charge in [0, 0.05) is 34.4 Å². The van der Waals surface area contributed by atoms with Gasteiger partial charge in [-0.1, -0.05) is 24.3 Å². The number of benzene rings is 2. The van der Waals surface area contributed by atoms with E-state index in [1.807, 2.05) is 0 Å². The van der Waals surface area contributed by atoms with Crippen molar-refractivity contribution in [2.24, 2.45) is 0 Å². The predicted molar refractivity (Wildman–Crippen MR) is 107 cm³/mol. The van der Waals surface area contributed by atoms with Gasteiger partial charge in [-0.2, -0.15) is 0 Å². The zero-order valence-electron chi connectivity index (χ0n) is 15.2. The van der Waals surface area contributed by atoms with Crippen LogP contribution in [0.2, 0.25) is 0 Å². The van der Waals surface area contributed by atoms with Crippen molar-refractivity contribution in [2.45, 2.75) is 6.61 Å². The molecule has 0 fully saturated rings. The van der Waals surface area contributed by atoms with Crippen LogP contribution >= 0.6 is 0 Å². The van der Waals surface area contributed by atoms with Crippen LogP contribution in [0, 0.1) is 5.82 Å². The number of carbonyl (C=O) groups excluding carboxylic acids is 1. The van der Waals surface area contributed by atoms with Gasteiger partial charge in [-0.05, 0) is 36.4 Å². The maximum Gasteiger partial charge on any atom is 0.261 e. The highest BCUT2D eigenvalue weighted by Gasteiger charge is 2.16. The molecule has 2 heterocycles. The third-order valence-corrected chi connectivity index (χ3v) is 4.40. The summed E-state index contributed by atoms with van der Waals surface area (Å²) in [7, 11) is 0. The number of anilines is 1. The Bertz CT molecular complexity index is 1250. The Morgan fingerprint density at radius 2 is 1.90 bits per heavy atom. The fourth-order valence-electron chi connectivity index (χ4n) is 2.96. The van der Waals surface area contributed by atoms with E-state index in [0.29, 0.717) is 22.0 Å². The van der Waals surface area contributed by atoms with Crippen molar-refractivity contribution in [3.05, 3.63) is 100 Å². The SMILES string of the molecule is O=C(Nc1cccc2c(=O)[nH]ccc12)c1cccnc1OCc1ccccc1F. The maximum absolute atomic E-state index is 13.8. The number of H-pyrrole nitrogens is 1. The van der Waals surface area contributed by atoms with Crippen molar-refractivity contribution in [1.29, 1.82) is 0 Å². The summed E-state index contributed by atoms with van der Waals surface area (Å²) in [4.78, 5) is 31.5. The monoisotopic (exact) mass is 389 g/mol. The molecule has 0 unspecified atom stereocenters. The molecule has 0 saturated heterocycles. The zero-order valence-corrected chi connectivity index (χ0v) is 15.2. The van der Waals surface area contributed by atoms with E-state index in [0.717, 1.165) is 0 Å². The minimum atomic E-state index is -0.450. The molecule has 4 aromatic rings. The second-order valence-corrected chi connectivity index (χ2v) is 6.26. The molecular formula is C22H16FN3O3. The van der Waals surface area contributed by atoms with Crippen LogP contribution < -0.4 is 15.6 Å². The number of carbonyl (C=O) groups is 1. The van der Waals surface area contributed by atoms with E-state index in [1.165, 1.54) is 18.5 Å². The fraction of sp³-hybridized carbons (Fsp3) is 0.0455. The van der Waals surface area contributed by atoms with Crippen LogP contribution in [0.4, 0.5) is 10.1 Å². The third-order valence-electron chi connectivity index (χ3n) is 4.40. The first-order valence-electron chi connectivity index (χ1n) is 8.86. The van der Waals surface area contributed by atoms with Gasteiger partial charge in [0.1, 0.15) is 18.0 Å². The molecule has 2 N–H and O–H groups in total. The smallest absolute Gasteiger partial charge is 0.261 e. The average Bonchev–Trinajstić information content (AvgIpc) is 2.74. The van der Waals surface area contributed by atoms with Gasteiger partial charge in [0.2, 0.25) is 5.88 Å². The van der Waals surface area contributed by atoms with E-state index in [9.17, 15) is 14.0 Å². The summed E-state index contributed by atoms with van der Waals surface area (Å²) in [5.74, 6) is -0.754. The van der Waals surface area contributed by atoms with Gasteiger partial charge in [-0.3, -0.25) is 9.59 Å².